The Kier molecular flexibility index (Phi) is 7.44. The highest BCUT2D eigenvalue weighted by Crippen LogP contribution is 2.32. The number of pyridine rings is 1. The van der Waals surface area contributed by atoms with Gasteiger partial charge < -0.3 is 4.74 Å². The van der Waals surface area contributed by atoms with Crippen LogP contribution in [-0.4, -0.2) is 44.4 Å². The predicted molar refractivity (Wildman–Crippen MR) is 130 cm³/mol. The number of carbonyl (C=O) groups excluding carboxylic acids is 2. The summed E-state index contributed by atoms with van der Waals surface area (Å²) in [6.07, 6.45) is 4.64. The molecule has 1 unspecified atom stereocenters. The van der Waals surface area contributed by atoms with E-state index in [2.05, 4.69) is 4.98 Å². The second-order valence-electron chi connectivity index (χ2n) is 7.62. The van der Waals surface area contributed by atoms with Gasteiger partial charge in [0.15, 0.2) is 0 Å². The van der Waals surface area contributed by atoms with Gasteiger partial charge in [-0.05, 0) is 54.3 Å². The summed E-state index contributed by atoms with van der Waals surface area (Å²) in [5.74, 6) is 0.475. The van der Waals surface area contributed by atoms with Crippen molar-refractivity contribution in [2.45, 2.75) is 18.9 Å². The molecule has 174 valence electrons. The Morgan fingerprint density at radius 2 is 1.85 bits per heavy atom. The Morgan fingerprint density at radius 1 is 1.12 bits per heavy atom. The van der Waals surface area contributed by atoms with Crippen LogP contribution in [0.25, 0.3) is 11.1 Å². The molecule has 3 aromatic rings. The maximum Gasteiger partial charge on any atom is 0.289 e. The number of nitrogens with zero attached hydrogens (tertiary/aromatic N) is 3. The fourth-order valence-electron chi connectivity index (χ4n) is 3.66. The minimum atomic E-state index is -0.470. The summed E-state index contributed by atoms with van der Waals surface area (Å²) >= 11 is 7.23. The Morgan fingerprint density at radius 3 is 2.50 bits per heavy atom. The number of aryl methyl sites for hydroxylation is 1. The number of hydrogen-bond donors (Lipinski definition) is 0. The molecule has 1 aliphatic heterocycles. The topological polar surface area (TPSA) is 103 Å². The van der Waals surface area contributed by atoms with Gasteiger partial charge in [0, 0.05) is 35.1 Å². The third-order valence-electron chi connectivity index (χ3n) is 5.43. The van der Waals surface area contributed by atoms with Gasteiger partial charge in [-0.1, -0.05) is 35.5 Å². The van der Waals surface area contributed by atoms with Gasteiger partial charge in [-0.2, -0.15) is 0 Å². The lowest BCUT2D eigenvalue weighted by Gasteiger charge is -2.25. The van der Waals surface area contributed by atoms with E-state index in [0.29, 0.717) is 34.7 Å². The fraction of sp³-hybridized carbons (Fsp3) is 0.208. The Hall–Kier alpha value is -3.43. The standard InChI is InChI=1S/C24H20ClN3O5S/c25-22-8-5-18(28(31)32)13-21(22)17-2-6-20(7-3-17)33-14-19(27-23(29)15-34-24(27)30)4-1-16-9-11-26-12-10-16/h2-3,5-13,19H,1,4,14-15H2. The van der Waals surface area contributed by atoms with E-state index in [4.69, 9.17) is 16.3 Å². The lowest BCUT2D eigenvalue weighted by Crippen LogP contribution is -2.43. The van der Waals surface area contributed by atoms with Gasteiger partial charge >= 0.3 is 0 Å². The summed E-state index contributed by atoms with van der Waals surface area (Å²) in [7, 11) is 0. The van der Waals surface area contributed by atoms with E-state index in [1.807, 2.05) is 12.1 Å². The molecule has 0 spiro atoms. The van der Waals surface area contributed by atoms with Crippen molar-refractivity contribution >= 4 is 40.2 Å². The van der Waals surface area contributed by atoms with Crippen LogP contribution in [0.2, 0.25) is 5.02 Å². The van der Waals surface area contributed by atoms with E-state index < -0.39 is 11.0 Å². The van der Waals surface area contributed by atoms with Gasteiger partial charge in [-0.25, -0.2) is 0 Å². The summed E-state index contributed by atoms with van der Waals surface area (Å²) in [6.45, 7) is 0.153. The molecule has 1 aromatic heterocycles. The molecule has 8 nitrogen and oxygen atoms in total. The number of carbonyl (C=O) groups is 2. The van der Waals surface area contributed by atoms with E-state index in [-0.39, 0.29) is 29.2 Å². The van der Waals surface area contributed by atoms with Crippen LogP contribution in [0.5, 0.6) is 5.75 Å². The van der Waals surface area contributed by atoms with Crippen LogP contribution in [0.15, 0.2) is 67.0 Å². The third kappa shape index (κ3) is 5.55. The molecule has 34 heavy (non-hydrogen) atoms. The van der Waals surface area contributed by atoms with Crippen LogP contribution in [0, 0.1) is 10.1 Å². The molecule has 0 bridgehead atoms. The van der Waals surface area contributed by atoms with E-state index in [9.17, 15) is 19.7 Å². The zero-order valence-corrected chi connectivity index (χ0v) is 19.5. The number of nitro benzene ring substituents is 1. The van der Waals surface area contributed by atoms with Crippen LogP contribution in [0.1, 0.15) is 12.0 Å². The smallest absolute Gasteiger partial charge is 0.289 e. The first-order valence-electron chi connectivity index (χ1n) is 10.5. The number of non-ortho nitro benzene ring substituents is 1. The molecule has 2 aromatic carbocycles. The first-order valence-corrected chi connectivity index (χ1v) is 11.8. The van der Waals surface area contributed by atoms with Gasteiger partial charge in [0.05, 0.1) is 16.7 Å². The van der Waals surface area contributed by atoms with Gasteiger partial charge in [0.2, 0.25) is 5.91 Å². The van der Waals surface area contributed by atoms with Gasteiger partial charge in [-0.15, -0.1) is 0 Å². The number of halogens is 1. The monoisotopic (exact) mass is 497 g/mol. The molecular formula is C24H20ClN3O5S. The lowest BCUT2D eigenvalue weighted by atomic mass is 10.0. The normalized spacial score (nSPS) is 14.3. The number of imide groups is 1. The maximum absolute atomic E-state index is 12.3. The first kappa shape index (κ1) is 23.7. The highest BCUT2D eigenvalue weighted by molar-refractivity contribution is 8.14. The quantitative estimate of drug-likeness (QED) is 0.288. The average molecular weight is 498 g/mol. The van der Waals surface area contributed by atoms with Crippen molar-refractivity contribution in [2.75, 3.05) is 12.4 Å². The summed E-state index contributed by atoms with van der Waals surface area (Å²) in [4.78, 5) is 40.5. The molecule has 0 aliphatic carbocycles. The number of rotatable bonds is 9. The highest BCUT2D eigenvalue weighted by Gasteiger charge is 2.36. The summed E-state index contributed by atoms with van der Waals surface area (Å²) in [5, 5.41) is 11.2. The maximum atomic E-state index is 12.3. The van der Waals surface area contributed by atoms with Crippen molar-refractivity contribution in [1.29, 1.82) is 0 Å². The molecular weight excluding hydrogens is 478 g/mol. The summed E-state index contributed by atoms with van der Waals surface area (Å²) in [5.41, 5.74) is 2.26. The van der Waals surface area contributed by atoms with Gasteiger partial charge in [0.25, 0.3) is 10.9 Å². The molecule has 2 heterocycles. The second-order valence-corrected chi connectivity index (χ2v) is 8.96. The molecule has 0 N–H and O–H groups in total. The molecule has 1 saturated heterocycles. The van der Waals surface area contributed by atoms with Crippen LogP contribution in [0.3, 0.4) is 0 Å². The SMILES string of the molecule is O=C1CSC(=O)N1C(CCc1ccncc1)COc1ccc(-c2cc([N+](=O)[O-])ccc2Cl)cc1. The molecule has 1 atom stereocenters. The number of hydrogen-bond acceptors (Lipinski definition) is 7. The number of nitro groups is 1. The molecule has 1 fully saturated rings. The van der Waals surface area contributed by atoms with Crippen molar-refractivity contribution in [3.63, 3.8) is 0 Å². The zero-order valence-electron chi connectivity index (χ0n) is 17.9. The summed E-state index contributed by atoms with van der Waals surface area (Å²) in [6, 6.07) is 14.6. The van der Waals surface area contributed by atoms with E-state index in [1.165, 1.54) is 23.1 Å². The first-order chi connectivity index (χ1) is 16.4. The lowest BCUT2D eigenvalue weighted by molar-refractivity contribution is -0.384. The molecule has 10 heteroatoms. The minimum Gasteiger partial charge on any atom is -0.491 e. The van der Waals surface area contributed by atoms with E-state index in [0.717, 1.165) is 17.3 Å². The highest BCUT2D eigenvalue weighted by atomic mass is 35.5. The van der Waals surface area contributed by atoms with Gasteiger partial charge in [-0.3, -0.25) is 29.6 Å². The van der Waals surface area contributed by atoms with Crippen molar-refractivity contribution in [3.8, 4) is 16.9 Å². The van der Waals surface area contributed by atoms with Crippen LogP contribution < -0.4 is 4.74 Å². The predicted octanol–water partition coefficient (Wildman–Crippen LogP) is 5.39. The molecule has 0 saturated carbocycles. The zero-order chi connectivity index (χ0) is 24.1. The van der Waals surface area contributed by atoms with Crippen LogP contribution in [0.4, 0.5) is 10.5 Å². The van der Waals surface area contributed by atoms with Crippen molar-refractivity contribution in [2.24, 2.45) is 0 Å². The van der Waals surface area contributed by atoms with Crippen LogP contribution in [-0.2, 0) is 11.2 Å². The number of thioether (sulfide) groups is 1. The fourth-order valence-corrected chi connectivity index (χ4v) is 4.66. The van der Waals surface area contributed by atoms with Crippen molar-refractivity contribution in [3.05, 3.63) is 87.7 Å². The number of ether oxygens (including phenoxy) is 1. The number of amides is 2. The van der Waals surface area contributed by atoms with Crippen LogP contribution >= 0.6 is 23.4 Å². The Labute approximate surface area is 205 Å². The third-order valence-corrected chi connectivity index (χ3v) is 6.60. The molecule has 0 radical (unpaired) electrons. The Bertz CT molecular complexity index is 1190. The van der Waals surface area contributed by atoms with Crippen molar-refractivity contribution in [1.82, 2.24) is 9.88 Å². The molecule has 1 aliphatic rings. The van der Waals surface area contributed by atoms with E-state index >= 15 is 0 Å². The molecule has 2 amide bonds. The summed E-state index contributed by atoms with van der Waals surface area (Å²) < 4.78 is 5.94. The minimum absolute atomic E-state index is 0.0467. The number of benzene rings is 2. The second kappa shape index (κ2) is 10.7. The van der Waals surface area contributed by atoms with Gasteiger partial charge in [0.1, 0.15) is 12.4 Å². The largest absolute Gasteiger partial charge is 0.491 e. The number of aromatic nitrogens is 1. The Balaban J connectivity index is 1.47. The van der Waals surface area contributed by atoms with Crippen molar-refractivity contribution < 1.29 is 19.2 Å². The average Bonchev–Trinajstić information content (AvgIpc) is 3.18. The molecule has 4 rings (SSSR count). The van der Waals surface area contributed by atoms with E-state index in [1.54, 1.807) is 36.7 Å².